The number of benzene rings is 1. The summed E-state index contributed by atoms with van der Waals surface area (Å²) in [6, 6.07) is 10.3. The fourth-order valence-corrected chi connectivity index (χ4v) is 8.85. The molecule has 7 rings (SSSR count). The number of rotatable bonds is 8. The van der Waals surface area contributed by atoms with Crippen molar-refractivity contribution in [3.63, 3.8) is 0 Å². The van der Waals surface area contributed by atoms with Crippen LogP contribution in [0.4, 0.5) is 0 Å². The molecule has 14 nitrogen and oxygen atoms in total. The van der Waals surface area contributed by atoms with Crippen LogP contribution in [0.15, 0.2) is 106 Å². The Balaban J connectivity index is 0.000000445. The molecule has 1 unspecified atom stereocenters. The summed E-state index contributed by atoms with van der Waals surface area (Å²) in [6.45, 7) is 36.7. The molecule has 3 aliphatic carbocycles. The number of nitrogens with zero attached hydrogens (tertiary/aromatic N) is 5. The number of H-pyrrole nitrogens is 1. The molecule has 1 aromatic heterocycles. The molecule has 2 bridgehead atoms. The first-order chi connectivity index (χ1) is 31.6. The Bertz CT molecular complexity index is 2220. The molecule has 67 heavy (non-hydrogen) atoms. The second kappa shape index (κ2) is 28.3. The molecule has 3 fully saturated rings. The molecule has 5 aliphatic rings. The van der Waals surface area contributed by atoms with Gasteiger partial charge in [0.05, 0.1) is 24.3 Å². The first-order valence-electron chi connectivity index (χ1n) is 22.4. The molecular formula is C53H72N6O8. The molecule has 2 saturated carbocycles. The van der Waals surface area contributed by atoms with Crippen LogP contribution in [0.5, 0.6) is 0 Å². The Labute approximate surface area is 398 Å². The number of aliphatic carboxylic acids is 1. The third-order valence-electron chi connectivity index (χ3n) is 12.8. The normalized spacial score (nSPS) is 21.6. The fraction of sp³-hybridized carbons (Fsp3) is 0.453. The summed E-state index contributed by atoms with van der Waals surface area (Å²) in [5.74, 6) is -0.452. The zero-order chi connectivity index (χ0) is 51.1. The van der Waals surface area contributed by atoms with Crippen LogP contribution in [-0.2, 0) is 39.9 Å². The van der Waals surface area contributed by atoms with Crippen molar-refractivity contribution in [1.29, 1.82) is 10.5 Å². The van der Waals surface area contributed by atoms with E-state index >= 15 is 0 Å². The van der Waals surface area contributed by atoms with Crippen LogP contribution in [0.1, 0.15) is 91.7 Å². The first-order valence-corrected chi connectivity index (χ1v) is 22.4. The molecule has 2 aliphatic heterocycles. The minimum absolute atomic E-state index is 0.0445. The van der Waals surface area contributed by atoms with Gasteiger partial charge in [-0.3, -0.25) is 19.3 Å². The van der Waals surface area contributed by atoms with Crippen molar-refractivity contribution in [2.24, 2.45) is 22.7 Å². The summed E-state index contributed by atoms with van der Waals surface area (Å²) in [5.41, 5.74) is 6.24. The summed E-state index contributed by atoms with van der Waals surface area (Å²) in [6.07, 6.45) is 16.7. The number of nitrogens with one attached hydrogen (secondary N) is 1. The van der Waals surface area contributed by atoms with E-state index in [1.54, 1.807) is 24.1 Å². The van der Waals surface area contributed by atoms with E-state index in [4.69, 9.17) is 20.4 Å². The molecule has 3 heterocycles. The maximum Gasteiger partial charge on any atom is 0.330 e. The monoisotopic (exact) mass is 921 g/mol. The summed E-state index contributed by atoms with van der Waals surface area (Å²) in [7, 11) is 2.15. The standard InChI is InChI=1S/C20H25N3O.C13H20O2.C6H9NO.C4H5N.C4H6O2.C3H3N.C3H4O2/c1-4-23(5-2)20(24)14-9-16-15-7-6-8-17-19(15)13(11-21-17)10-18(16)22(3)12-14;1-5-11(14)15-10-8-9-6-7-13(10,4)12(9,2)3;1-2-7-5-3-4-6(7)8;1-4(2)3-5;1-3-6-4(2)5;1-2-3-4;1-2-3(4)5/h6-9,11,14,18,21H,4-5,10,12H2,1-3H3;5,9-10H,1,6-8H2,2-4H3;2H,1,3-5H2;1H2,2H3;3H,1H2,2H3;2H,1H2;2H,1H2,(H,4,5)/t14-,18-;9-,10?,13-;;;;;/m11...../s1. The number of ether oxygens (including phenoxy) is 2. The Morgan fingerprint density at radius 3 is 2.04 bits per heavy atom. The third kappa shape index (κ3) is 16.3. The summed E-state index contributed by atoms with van der Waals surface area (Å²) >= 11 is 0. The van der Waals surface area contributed by atoms with E-state index in [0.717, 1.165) is 57.8 Å². The number of hydrogen-bond donors (Lipinski definition) is 2. The van der Waals surface area contributed by atoms with Crippen molar-refractivity contribution >= 4 is 46.2 Å². The zero-order valence-corrected chi connectivity index (χ0v) is 40.9. The van der Waals surface area contributed by atoms with Crippen LogP contribution in [0, 0.1) is 45.3 Å². The SMILES string of the molecule is C=C(C)C#N.C=CC#N.C=CC(=O)O.C=CC(=O)OC1C[C@H]2CC[C@@]1(C)C2(C)C.C=CN1CCCC1=O.C=COC(C)=O.CCN(CC)C(=O)[C@@H]1C=C2c3cccc4[nH]cc(c34)C[C@H]2N(C)C1. The first kappa shape index (κ1) is 58.2. The van der Waals surface area contributed by atoms with Gasteiger partial charge >= 0.3 is 17.9 Å². The van der Waals surface area contributed by atoms with Crippen molar-refractivity contribution in [1.82, 2.24) is 19.7 Å². The van der Waals surface area contributed by atoms with Crippen molar-refractivity contribution in [3.8, 4) is 12.1 Å². The highest BCUT2D eigenvalue weighted by molar-refractivity contribution is 5.99. The van der Waals surface area contributed by atoms with Crippen LogP contribution in [0.25, 0.3) is 16.5 Å². The number of carboxylic acid groups (broad SMARTS) is 1. The molecule has 0 radical (unpaired) electrons. The number of aromatic amines is 1. The minimum Gasteiger partial charge on any atom is -0.478 e. The molecular weight excluding hydrogens is 849 g/mol. The molecule has 5 atom stereocenters. The Hall–Kier alpha value is -6.77. The molecule has 362 valence electrons. The number of hydrogen-bond acceptors (Lipinski definition) is 10. The van der Waals surface area contributed by atoms with Gasteiger partial charge in [0.15, 0.2) is 0 Å². The molecule has 2 N–H and O–H groups in total. The van der Waals surface area contributed by atoms with Gasteiger partial charge in [-0.05, 0) is 100 Å². The number of nitriles is 2. The molecule has 2 aromatic rings. The lowest BCUT2D eigenvalue weighted by Gasteiger charge is -2.40. The second-order valence-corrected chi connectivity index (χ2v) is 17.1. The van der Waals surface area contributed by atoms with E-state index in [9.17, 15) is 24.0 Å². The number of likely N-dealkylation sites (N-methyl/N-ethyl adjacent to an activating group) is 1. The van der Waals surface area contributed by atoms with Gasteiger partial charge in [0.1, 0.15) is 6.10 Å². The summed E-state index contributed by atoms with van der Waals surface area (Å²) in [4.78, 5) is 63.1. The van der Waals surface area contributed by atoms with E-state index in [-0.39, 0.29) is 41.2 Å². The highest BCUT2D eigenvalue weighted by atomic mass is 16.5. The Morgan fingerprint density at radius 2 is 1.66 bits per heavy atom. The number of amides is 2. The third-order valence-corrected chi connectivity index (χ3v) is 12.8. The smallest absolute Gasteiger partial charge is 0.330 e. The van der Waals surface area contributed by atoms with E-state index < -0.39 is 5.97 Å². The Kier molecular flexibility index (Phi) is 24.6. The average Bonchev–Trinajstić information content (AvgIpc) is 4.03. The van der Waals surface area contributed by atoms with Gasteiger partial charge in [-0.15, -0.1) is 0 Å². The highest BCUT2D eigenvalue weighted by Crippen LogP contribution is 2.66. The van der Waals surface area contributed by atoms with Crippen molar-refractivity contribution < 1.29 is 38.6 Å². The van der Waals surface area contributed by atoms with Crippen LogP contribution in [0.2, 0.25) is 0 Å². The van der Waals surface area contributed by atoms with E-state index in [1.165, 1.54) is 59.5 Å². The lowest BCUT2D eigenvalue weighted by atomic mass is 9.70. The van der Waals surface area contributed by atoms with E-state index in [2.05, 4.69) is 126 Å². The van der Waals surface area contributed by atoms with E-state index in [0.29, 0.717) is 29.4 Å². The topological polar surface area (TPSA) is 197 Å². The van der Waals surface area contributed by atoms with Crippen molar-refractivity contribution in [3.05, 3.63) is 117 Å². The number of likely N-dealkylation sites (tertiary alicyclic amines) is 1. The second-order valence-electron chi connectivity index (χ2n) is 17.1. The number of carbonyl (C=O) groups is 5. The van der Waals surface area contributed by atoms with Crippen LogP contribution in [-0.4, -0.2) is 99.9 Å². The van der Waals surface area contributed by atoms with Gasteiger partial charge in [-0.2, -0.15) is 10.5 Å². The summed E-state index contributed by atoms with van der Waals surface area (Å²) in [5, 5.41) is 24.2. The minimum atomic E-state index is -0.981. The number of carboxylic acids is 1. The lowest BCUT2D eigenvalue weighted by molar-refractivity contribution is -0.150. The van der Waals surface area contributed by atoms with Gasteiger partial charge in [-0.1, -0.05) is 78.5 Å². The molecule has 14 heteroatoms. The van der Waals surface area contributed by atoms with E-state index in [1.807, 2.05) is 11.0 Å². The maximum absolute atomic E-state index is 12.9. The van der Waals surface area contributed by atoms with Gasteiger partial charge < -0.3 is 29.4 Å². The molecule has 1 saturated heterocycles. The number of fused-ring (bicyclic) bond motifs is 4. The van der Waals surface area contributed by atoms with Crippen molar-refractivity contribution in [2.75, 3.05) is 33.2 Å². The molecule has 0 spiro atoms. The lowest BCUT2D eigenvalue weighted by Crippen LogP contribution is -2.47. The largest absolute Gasteiger partial charge is 0.478 e. The maximum atomic E-state index is 12.9. The number of aromatic nitrogens is 1. The van der Waals surface area contributed by atoms with Crippen LogP contribution < -0.4 is 0 Å². The Morgan fingerprint density at radius 1 is 1.04 bits per heavy atom. The highest BCUT2D eigenvalue weighted by Gasteiger charge is 2.62. The number of allylic oxidation sites excluding steroid dienone is 2. The van der Waals surface area contributed by atoms with Gasteiger partial charge in [-0.25, -0.2) is 9.59 Å². The fourth-order valence-electron chi connectivity index (χ4n) is 8.85. The molecule has 2 amide bonds. The van der Waals surface area contributed by atoms with Gasteiger partial charge in [0.25, 0.3) is 0 Å². The summed E-state index contributed by atoms with van der Waals surface area (Å²) < 4.78 is 9.64. The van der Waals surface area contributed by atoms with Crippen LogP contribution in [0.3, 0.4) is 0 Å². The molecule has 1 aromatic carbocycles. The van der Waals surface area contributed by atoms with Gasteiger partial charge in [0.2, 0.25) is 11.8 Å². The zero-order valence-electron chi connectivity index (χ0n) is 40.9. The van der Waals surface area contributed by atoms with Gasteiger partial charge in [0, 0.05) is 91.9 Å². The average molecular weight is 921 g/mol. The van der Waals surface area contributed by atoms with Crippen LogP contribution >= 0.6 is 0 Å². The quantitative estimate of drug-likeness (QED) is 0.111. The van der Waals surface area contributed by atoms with Crippen molar-refractivity contribution in [2.45, 2.75) is 99.1 Å². The predicted octanol–water partition coefficient (Wildman–Crippen LogP) is 9.32. The number of carbonyl (C=O) groups excluding carboxylic acids is 4. The number of esters is 2. The predicted molar refractivity (Wildman–Crippen MR) is 264 cm³/mol.